The van der Waals surface area contributed by atoms with Crippen molar-refractivity contribution in [1.29, 1.82) is 0 Å². The summed E-state index contributed by atoms with van der Waals surface area (Å²) in [4.78, 5) is 28.7. The first kappa shape index (κ1) is 18.4. The van der Waals surface area contributed by atoms with Gasteiger partial charge in [-0.1, -0.05) is 30.3 Å². The van der Waals surface area contributed by atoms with Crippen molar-refractivity contribution in [2.75, 3.05) is 23.7 Å². The Bertz CT molecular complexity index is 974. The van der Waals surface area contributed by atoms with Gasteiger partial charge >= 0.3 is 0 Å². The number of hydrogen-bond acceptors (Lipinski definition) is 7. The molecule has 0 radical (unpaired) electrons. The van der Waals surface area contributed by atoms with Crippen LogP contribution in [0.2, 0.25) is 0 Å². The molecule has 0 aliphatic carbocycles. The topological polar surface area (TPSA) is 97.0 Å². The number of nitrogen functional groups attached to an aromatic ring is 1. The maximum atomic E-state index is 12.4. The minimum atomic E-state index is -0.00226. The van der Waals surface area contributed by atoms with E-state index in [2.05, 4.69) is 20.2 Å². The molecule has 7 nitrogen and oxygen atoms in total. The van der Waals surface area contributed by atoms with Crippen LogP contribution in [-0.4, -0.2) is 40.0 Å². The quantitative estimate of drug-likeness (QED) is 0.690. The Morgan fingerprint density at radius 2 is 2.11 bits per heavy atom. The predicted molar refractivity (Wildman–Crippen MR) is 111 cm³/mol. The zero-order valence-corrected chi connectivity index (χ0v) is 16.4. The van der Waals surface area contributed by atoms with Crippen LogP contribution in [0.3, 0.4) is 0 Å². The molecule has 4 rings (SSSR count). The Hall–Kier alpha value is -3.00. The van der Waals surface area contributed by atoms with E-state index >= 15 is 0 Å². The molecule has 0 saturated carbocycles. The largest absolute Gasteiger partial charge is 0.375 e. The number of rotatable bonds is 5. The summed E-state index contributed by atoms with van der Waals surface area (Å²) >= 11 is 1.37. The molecule has 1 saturated heterocycles. The number of nitrogens with zero attached hydrogens (tertiary/aromatic N) is 4. The predicted octanol–water partition coefficient (Wildman–Crippen LogP) is 2.43. The zero-order chi connectivity index (χ0) is 19.5. The first-order valence-corrected chi connectivity index (χ1v) is 10.0. The SMILES string of the molecule is Cc1nc(N)sc1CC(=O)NC1CCN(c2nccc(-c3ccccc3)n2)C1. The van der Waals surface area contributed by atoms with Crippen molar-refractivity contribution in [3.63, 3.8) is 0 Å². The van der Waals surface area contributed by atoms with E-state index in [1.54, 1.807) is 6.20 Å². The van der Waals surface area contributed by atoms with Gasteiger partial charge in [0.2, 0.25) is 11.9 Å². The van der Waals surface area contributed by atoms with Crippen LogP contribution in [0.15, 0.2) is 42.6 Å². The van der Waals surface area contributed by atoms with E-state index in [-0.39, 0.29) is 11.9 Å². The highest BCUT2D eigenvalue weighted by Gasteiger charge is 2.26. The average molecular weight is 395 g/mol. The minimum Gasteiger partial charge on any atom is -0.375 e. The molecule has 1 aliphatic rings. The van der Waals surface area contributed by atoms with Crippen LogP contribution in [0.5, 0.6) is 0 Å². The molecule has 0 spiro atoms. The summed E-state index contributed by atoms with van der Waals surface area (Å²) in [6.07, 6.45) is 2.97. The van der Waals surface area contributed by atoms with Gasteiger partial charge in [-0.05, 0) is 19.4 Å². The Morgan fingerprint density at radius 3 is 2.86 bits per heavy atom. The molecule has 1 aromatic carbocycles. The highest BCUT2D eigenvalue weighted by molar-refractivity contribution is 7.15. The molecule has 0 bridgehead atoms. The lowest BCUT2D eigenvalue weighted by Gasteiger charge is -2.17. The third-order valence-corrected chi connectivity index (χ3v) is 5.77. The second-order valence-corrected chi connectivity index (χ2v) is 7.96. The molecular formula is C20H22N6OS. The van der Waals surface area contributed by atoms with Crippen molar-refractivity contribution in [3.8, 4) is 11.3 Å². The summed E-state index contributed by atoms with van der Waals surface area (Å²) in [6, 6.07) is 12.1. The van der Waals surface area contributed by atoms with E-state index in [0.717, 1.165) is 34.8 Å². The van der Waals surface area contributed by atoms with Crippen LogP contribution in [0.1, 0.15) is 17.0 Å². The van der Waals surface area contributed by atoms with Crippen LogP contribution < -0.4 is 16.0 Å². The van der Waals surface area contributed by atoms with Crippen molar-refractivity contribution in [2.45, 2.75) is 25.8 Å². The fraction of sp³-hybridized carbons (Fsp3) is 0.300. The Morgan fingerprint density at radius 1 is 1.29 bits per heavy atom. The van der Waals surface area contributed by atoms with Crippen LogP contribution in [-0.2, 0) is 11.2 Å². The number of anilines is 2. The number of nitrogens with one attached hydrogen (secondary N) is 1. The molecule has 8 heteroatoms. The van der Waals surface area contributed by atoms with E-state index in [4.69, 9.17) is 10.7 Å². The van der Waals surface area contributed by atoms with Gasteiger partial charge in [-0.25, -0.2) is 15.0 Å². The maximum Gasteiger partial charge on any atom is 0.225 e. The van der Waals surface area contributed by atoms with Crippen molar-refractivity contribution >= 4 is 28.3 Å². The number of amides is 1. The van der Waals surface area contributed by atoms with Crippen LogP contribution in [0.25, 0.3) is 11.3 Å². The molecular weight excluding hydrogens is 372 g/mol. The van der Waals surface area contributed by atoms with Gasteiger partial charge in [0, 0.05) is 35.8 Å². The highest BCUT2D eigenvalue weighted by Crippen LogP contribution is 2.22. The molecule has 1 amide bonds. The molecule has 1 fully saturated rings. The zero-order valence-electron chi connectivity index (χ0n) is 15.6. The number of hydrogen-bond donors (Lipinski definition) is 2. The van der Waals surface area contributed by atoms with Crippen molar-refractivity contribution in [3.05, 3.63) is 53.2 Å². The van der Waals surface area contributed by atoms with Gasteiger partial charge in [-0.2, -0.15) is 0 Å². The van der Waals surface area contributed by atoms with Gasteiger partial charge in [0.05, 0.1) is 17.8 Å². The first-order valence-electron chi connectivity index (χ1n) is 9.23. The van der Waals surface area contributed by atoms with Gasteiger partial charge in [0.1, 0.15) is 0 Å². The average Bonchev–Trinajstić information content (AvgIpc) is 3.28. The molecule has 1 unspecified atom stereocenters. The van der Waals surface area contributed by atoms with E-state index < -0.39 is 0 Å². The summed E-state index contributed by atoms with van der Waals surface area (Å²) in [6.45, 7) is 3.40. The number of aromatic nitrogens is 3. The number of thiazole rings is 1. The van der Waals surface area contributed by atoms with E-state index in [0.29, 0.717) is 24.0 Å². The van der Waals surface area contributed by atoms with Gasteiger partial charge in [-0.3, -0.25) is 4.79 Å². The van der Waals surface area contributed by atoms with Gasteiger partial charge < -0.3 is 16.0 Å². The smallest absolute Gasteiger partial charge is 0.225 e. The summed E-state index contributed by atoms with van der Waals surface area (Å²) in [7, 11) is 0. The second-order valence-electron chi connectivity index (χ2n) is 6.84. The van der Waals surface area contributed by atoms with Gasteiger partial charge in [-0.15, -0.1) is 11.3 Å². The van der Waals surface area contributed by atoms with Crippen molar-refractivity contribution in [1.82, 2.24) is 20.3 Å². The Labute approximate surface area is 167 Å². The normalized spacial score (nSPS) is 16.3. The molecule has 2 aromatic heterocycles. The van der Waals surface area contributed by atoms with Gasteiger partial charge in [0.25, 0.3) is 0 Å². The summed E-state index contributed by atoms with van der Waals surface area (Å²) < 4.78 is 0. The van der Waals surface area contributed by atoms with Gasteiger partial charge in [0.15, 0.2) is 5.13 Å². The Balaban J connectivity index is 1.38. The number of nitrogens with two attached hydrogens (primary N) is 1. The van der Waals surface area contributed by atoms with Crippen LogP contribution in [0.4, 0.5) is 11.1 Å². The van der Waals surface area contributed by atoms with E-state index in [9.17, 15) is 4.79 Å². The number of carbonyl (C=O) groups excluding carboxylic acids is 1. The molecule has 144 valence electrons. The molecule has 1 aliphatic heterocycles. The number of carbonyl (C=O) groups is 1. The highest BCUT2D eigenvalue weighted by atomic mass is 32.1. The lowest BCUT2D eigenvalue weighted by molar-refractivity contribution is -0.120. The number of aryl methyl sites for hydroxylation is 1. The standard InChI is InChI=1S/C20H22N6OS/c1-13-17(28-19(21)23-13)11-18(27)24-15-8-10-26(12-15)20-22-9-7-16(25-20)14-5-3-2-4-6-14/h2-7,9,15H,8,10-12H2,1H3,(H2,21,23)(H,24,27). The first-order chi connectivity index (χ1) is 13.6. The summed E-state index contributed by atoms with van der Waals surface area (Å²) in [5.74, 6) is 0.696. The third-order valence-electron chi connectivity index (χ3n) is 4.78. The van der Waals surface area contributed by atoms with Crippen molar-refractivity contribution in [2.24, 2.45) is 0 Å². The maximum absolute atomic E-state index is 12.4. The molecule has 3 heterocycles. The monoisotopic (exact) mass is 394 g/mol. The van der Waals surface area contributed by atoms with Crippen LogP contribution in [0, 0.1) is 6.92 Å². The fourth-order valence-corrected chi connectivity index (χ4v) is 4.20. The minimum absolute atomic E-state index is 0.00226. The third kappa shape index (κ3) is 4.12. The molecule has 1 atom stereocenters. The summed E-state index contributed by atoms with van der Waals surface area (Å²) in [5, 5.41) is 3.61. The van der Waals surface area contributed by atoms with E-state index in [1.165, 1.54) is 11.3 Å². The summed E-state index contributed by atoms with van der Waals surface area (Å²) in [5.41, 5.74) is 8.50. The second kappa shape index (κ2) is 7.93. The fourth-order valence-electron chi connectivity index (χ4n) is 3.37. The molecule has 3 N–H and O–H groups in total. The lowest BCUT2D eigenvalue weighted by atomic mass is 10.1. The molecule has 28 heavy (non-hydrogen) atoms. The lowest BCUT2D eigenvalue weighted by Crippen LogP contribution is -2.38. The Kier molecular flexibility index (Phi) is 5.21. The number of benzene rings is 1. The van der Waals surface area contributed by atoms with E-state index in [1.807, 2.05) is 43.3 Å². The van der Waals surface area contributed by atoms with Crippen molar-refractivity contribution < 1.29 is 4.79 Å². The van der Waals surface area contributed by atoms with Crippen LogP contribution >= 0.6 is 11.3 Å². The molecule has 3 aromatic rings.